The average Bonchev–Trinajstić information content (AvgIpc) is 2.51. The summed E-state index contributed by atoms with van der Waals surface area (Å²) in [4.78, 5) is 12.6. The summed E-state index contributed by atoms with van der Waals surface area (Å²) in [6.45, 7) is 4.41. The standard InChI is InChI=1S/C17H26N2O3S/c1-12-6-5-7-16(13(12)2)18-17(20)14-8-10-15(11-9-14)23(21,22)19(3)4/h8-13,16H,5-7H2,1-4H3,(H,18,20)/t12-,13+,16-/m0/s1. The molecule has 5 nitrogen and oxygen atoms in total. The fourth-order valence-corrected chi connectivity index (χ4v) is 3.93. The molecule has 0 aromatic heterocycles. The van der Waals surface area contributed by atoms with Gasteiger partial charge in [-0.25, -0.2) is 12.7 Å². The number of amides is 1. The van der Waals surface area contributed by atoms with Crippen LogP contribution in [0.15, 0.2) is 29.2 Å². The van der Waals surface area contributed by atoms with Crippen LogP contribution in [0.5, 0.6) is 0 Å². The fourth-order valence-electron chi connectivity index (χ4n) is 3.03. The molecule has 6 heteroatoms. The van der Waals surface area contributed by atoms with Gasteiger partial charge >= 0.3 is 0 Å². The van der Waals surface area contributed by atoms with Crippen molar-refractivity contribution in [3.05, 3.63) is 29.8 Å². The minimum Gasteiger partial charge on any atom is -0.349 e. The highest BCUT2D eigenvalue weighted by Gasteiger charge is 2.28. The molecule has 1 aromatic rings. The Morgan fingerprint density at radius 2 is 1.74 bits per heavy atom. The predicted molar refractivity (Wildman–Crippen MR) is 90.7 cm³/mol. The van der Waals surface area contributed by atoms with E-state index in [1.54, 1.807) is 12.1 Å². The maximum Gasteiger partial charge on any atom is 0.251 e. The molecule has 1 aliphatic rings. The van der Waals surface area contributed by atoms with Crippen LogP contribution in [0.3, 0.4) is 0 Å². The van der Waals surface area contributed by atoms with Crippen molar-refractivity contribution in [3.63, 3.8) is 0 Å². The largest absolute Gasteiger partial charge is 0.349 e. The first-order valence-corrected chi connectivity index (χ1v) is 9.51. The molecule has 3 atom stereocenters. The molecule has 0 aliphatic heterocycles. The van der Waals surface area contributed by atoms with E-state index in [9.17, 15) is 13.2 Å². The summed E-state index contributed by atoms with van der Waals surface area (Å²) in [5, 5.41) is 3.10. The zero-order chi connectivity index (χ0) is 17.2. The third-order valence-corrected chi connectivity index (χ3v) is 6.75. The van der Waals surface area contributed by atoms with Gasteiger partial charge in [0, 0.05) is 25.7 Å². The highest BCUT2D eigenvalue weighted by atomic mass is 32.2. The average molecular weight is 338 g/mol. The number of rotatable bonds is 4. The number of carbonyl (C=O) groups is 1. The Morgan fingerprint density at radius 1 is 1.13 bits per heavy atom. The number of benzene rings is 1. The first kappa shape index (κ1) is 17.9. The highest BCUT2D eigenvalue weighted by molar-refractivity contribution is 7.89. The molecule has 1 fully saturated rings. The van der Waals surface area contributed by atoms with Gasteiger partial charge < -0.3 is 5.32 Å². The van der Waals surface area contributed by atoms with Crippen molar-refractivity contribution < 1.29 is 13.2 Å². The second kappa shape index (κ2) is 7.01. The van der Waals surface area contributed by atoms with Crippen molar-refractivity contribution >= 4 is 15.9 Å². The Hall–Kier alpha value is -1.40. The lowest BCUT2D eigenvalue weighted by Gasteiger charge is -2.34. The summed E-state index contributed by atoms with van der Waals surface area (Å²) in [6.07, 6.45) is 3.35. The van der Waals surface area contributed by atoms with Crippen LogP contribution in [-0.4, -0.2) is 38.8 Å². The van der Waals surface area contributed by atoms with E-state index in [-0.39, 0.29) is 16.8 Å². The van der Waals surface area contributed by atoms with E-state index in [4.69, 9.17) is 0 Å². The molecule has 2 rings (SSSR count). The molecule has 0 saturated heterocycles. The highest BCUT2D eigenvalue weighted by Crippen LogP contribution is 2.29. The third kappa shape index (κ3) is 3.93. The van der Waals surface area contributed by atoms with Crippen molar-refractivity contribution in [1.29, 1.82) is 0 Å². The van der Waals surface area contributed by atoms with E-state index in [1.165, 1.54) is 32.6 Å². The number of sulfonamides is 1. The molecular weight excluding hydrogens is 312 g/mol. The summed E-state index contributed by atoms with van der Waals surface area (Å²) in [7, 11) is -0.486. The zero-order valence-corrected chi connectivity index (χ0v) is 15.1. The van der Waals surface area contributed by atoms with Gasteiger partial charge in [-0.3, -0.25) is 4.79 Å². The quantitative estimate of drug-likeness (QED) is 0.917. The number of nitrogens with one attached hydrogen (secondary N) is 1. The van der Waals surface area contributed by atoms with Gasteiger partial charge in [0.25, 0.3) is 5.91 Å². The van der Waals surface area contributed by atoms with Gasteiger partial charge in [0.2, 0.25) is 10.0 Å². The van der Waals surface area contributed by atoms with Crippen molar-refractivity contribution in [2.45, 2.75) is 44.0 Å². The van der Waals surface area contributed by atoms with Gasteiger partial charge in [-0.05, 0) is 42.5 Å². The number of carbonyl (C=O) groups excluding carboxylic acids is 1. The molecule has 1 aromatic carbocycles. The van der Waals surface area contributed by atoms with Crippen LogP contribution >= 0.6 is 0 Å². The van der Waals surface area contributed by atoms with E-state index in [0.717, 1.165) is 17.1 Å². The van der Waals surface area contributed by atoms with Crippen LogP contribution in [0.25, 0.3) is 0 Å². The molecule has 0 bridgehead atoms. The molecule has 1 aliphatic carbocycles. The Kier molecular flexibility index (Phi) is 5.47. The maximum absolute atomic E-state index is 12.4. The van der Waals surface area contributed by atoms with Crippen LogP contribution in [-0.2, 0) is 10.0 Å². The van der Waals surface area contributed by atoms with E-state index in [2.05, 4.69) is 19.2 Å². The Bertz CT molecular complexity index is 653. The van der Waals surface area contributed by atoms with Gasteiger partial charge in [-0.1, -0.05) is 26.7 Å². The molecule has 1 amide bonds. The van der Waals surface area contributed by atoms with E-state index < -0.39 is 10.0 Å². The third-order valence-electron chi connectivity index (χ3n) is 4.92. The summed E-state index contributed by atoms with van der Waals surface area (Å²) in [5.74, 6) is 0.938. The van der Waals surface area contributed by atoms with Crippen LogP contribution < -0.4 is 5.32 Å². The lowest BCUT2D eigenvalue weighted by atomic mass is 9.78. The second-order valence-electron chi connectivity index (χ2n) is 6.66. The Morgan fingerprint density at radius 3 is 2.30 bits per heavy atom. The molecule has 23 heavy (non-hydrogen) atoms. The predicted octanol–water partition coefficient (Wildman–Crippen LogP) is 2.49. The van der Waals surface area contributed by atoms with Gasteiger partial charge in [-0.15, -0.1) is 0 Å². The molecular formula is C17H26N2O3S. The zero-order valence-electron chi connectivity index (χ0n) is 14.2. The van der Waals surface area contributed by atoms with Crippen LogP contribution in [0, 0.1) is 11.8 Å². The fraction of sp³-hybridized carbons (Fsp3) is 0.588. The summed E-state index contributed by atoms with van der Waals surface area (Å²) >= 11 is 0. The molecule has 0 heterocycles. The summed E-state index contributed by atoms with van der Waals surface area (Å²) in [6, 6.07) is 6.30. The van der Waals surface area contributed by atoms with Crippen molar-refractivity contribution in [3.8, 4) is 0 Å². The lowest BCUT2D eigenvalue weighted by molar-refractivity contribution is 0.0891. The van der Waals surface area contributed by atoms with Gasteiger partial charge in [0.15, 0.2) is 0 Å². The number of hydrogen-bond acceptors (Lipinski definition) is 3. The summed E-state index contributed by atoms with van der Waals surface area (Å²) < 4.78 is 25.2. The SMILES string of the molecule is C[C@H]1[C@@H](NC(=O)c2ccc(S(=O)(=O)N(C)C)cc2)CCC[C@@H]1C. The molecule has 1 N–H and O–H groups in total. The van der Waals surface area contributed by atoms with Crippen LogP contribution in [0.4, 0.5) is 0 Å². The van der Waals surface area contributed by atoms with Gasteiger partial charge in [-0.2, -0.15) is 0 Å². The summed E-state index contributed by atoms with van der Waals surface area (Å²) in [5.41, 5.74) is 0.494. The lowest BCUT2D eigenvalue weighted by Crippen LogP contribution is -2.43. The van der Waals surface area contributed by atoms with Gasteiger partial charge in [0.05, 0.1) is 4.90 Å². The first-order chi connectivity index (χ1) is 10.7. The molecule has 1 saturated carbocycles. The minimum atomic E-state index is -3.46. The molecule has 128 valence electrons. The smallest absolute Gasteiger partial charge is 0.251 e. The maximum atomic E-state index is 12.4. The van der Waals surface area contributed by atoms with Crippen LogP contribution in [0.2, 0.25) is 0 Å². The molecule has 0 unspecified atom stereocenters. The van der Waals surface area contributed by atoms with Crippen molar-refractivity contribution in [2.75, 3.05) is 14.1 Å². The normalized spacial score (nSPS) is 25.3. The topological polar surface area (TPSA) is 66.5 Å². The Labute approximate surface area is 139 Å². The second-order valence-corrected chi connectivity index (χ2v) is 8.81. The van der Waals surface area contributed by atoms with Crippen molar-refractivity contribution in [1.82, 2.24) is 9.62 Å². The minimum absolute atomic E-state index is 0.134. The van der Waals surface area contributed by atoms with E-state index >= 15 is 0 Å². The number of hydrogen-bond donors (Lipinski definition) is 1. The number of nitrogens with zero attached hydrogens (tertiary/aromatic N) is 1. The Balaban J connectivity index is 2.09. The first-order valence-electron chi connectivity index (χ1n) is 8.07. The molecule has 0 radical (unpaired) electrons. The molecule has 0 spiro atoms. The van der Waals surface area contributed by atoms with Gasteiger partial charge in [0.1, 0.15) is 0 Å². The van der Waals surface area contributed by atoms with E-state index in [0.29, 0.717) is 17.4 Å². The van der Waals surface area contributed by atoms with Crippen LogP contribution in [0.1, 0.15) is 43.5 Å². The van der Waals surface area contributed by atoms with E-state index in [1.807, 2.05) is 0 Å². The van der Waals surface area contributed by atoms with Crippen molar-refractivity contribution in [2.24, 2.45) is 11.8 Å². The monoisotopic (exact) mass is 338 g/mol.